The van der Waals surface area contributed by atoms with Gasteiger partial charge in [-0.2, -0.15) is 0 Å². The molecule has 0 saturated carbocycles. The molecule has 0 unspecified atom stereocenters. The molecule has 1 aliphatic rings. The number of benzene rings is 1. The summed E-state index contributed by atoms with van der Waals surface area (Å²) in [6.07, 6.45) is 3.54. The predicted molar refractivity (Wildman–Crippen MR) is 100 cm³/mol. The number of ketones is 1. The van der Waals surface area contributed by atoms with Crippen molar-refractivity contribution in [2.75, 3.05) is 26.2 Å². The second kappa shape index (κ2) is 7.72. The Morgan fingerprint density at radius 2 is 1.69 bits per heavy atom. The Morgan fingerprint density at radius 1 is 1.04 bits per heavy atom. The number of nitrogens with zero attached hydrogens (tertiary/aromatic N) is 3. The summed E-state index contributed by atoms with van der Waals surface area (Å²) in [4.78, 5) is 41.2. The van der Waals surface area contributed by atoms with Crippen molar-refractivity contribution < 1.29 is 14.4 Å². The van der Waals surface area contributed by atoms with Crippen molar-refractivity contribution in [1.82, 2.24) is 14.4 Å². The molecule has 2 aromatic rings. The van der Waals surface area contributed by atoms with Crippen LogP contribution in [0.25, 0.3) is 10.9 Å². The Labute approximate surface area is 153 Å². The van der Waals surface area contributed by atoms with Gasteiger partial charge in [-0.05, 0) is 32.8 Å². The van der Waals surface area contributed by atoms with Crippen LogP contribution in [-0.4, -0.2) is 58.1 Å². The highest BCUT2D eigenvalue weighted by Gasteiger charge is 2.28. The van der Waals surface area contributed by atoms with E-state index in [4.69, 9.17) is 0 Å². The number of hydrogen-bond donors (Lipinski definition) is 0. The second-order valence-corrected chi connectivity index (χ2v) is 6.58. The van der Waals surface area contributed by atoms with E-state index in [1.54, 1.807) is 20.6 Å². The number of hydrogen-bond acceptors (Lipinski definition) is 3. The fourth-order valence-corrected chi connectivity index (χ4v) is 3.56. The number of likely N-dealkylation sites (N-methyl/N-ethyl adjacent to an activating group) is 1. The van der Waals surface area contributed by atoms with Gasteiger partial charge < -0.3 is 14.4 Å². The Bertz CT molecular complexity index is 830. The summed E-state index contributed by atoms with van der Waals surface area (Å²) in [6, 6.07) is 7.42. The highest BCUT2D eigenvalue weighted by atomic mass is 16.2. The summed E-state index contributed by atoms with van der Waals surface area (Å²) >= 11 is 0. The second-order valence-electron chi connectivity index (χ2n) is 6.58. The van der Waals surface area contributed by atoms with Gasteiger partial charge in [-0.1, -0.05) is 18.2 Å². The molecule has 1 aromatic heterocycles. The van der Waals surface area contributed by atoms with E-state index in [2.05, 4.69) is 0 Å². The number of Topliss-reactive ketones (excluding diaryl/α,β-unsaturated/α-hetero) is 1. The SMILES string of the molecule is CCN(CC)C(=O)Cn1cc(C(=O)C(=O)N2CCCC2)c2ccccc21. The minimum Gasteiger partial charge on any atom is -0.342 e. The Kier molecular flexibility index (Phi) is 5.40. The van der Waals surface area contributed by atoms with Crippen molar-refractivity contribution >= 4 is 28.5 Å². The van der Waals surface area contributed by atoms with Crippen LogP contribution in [0.15, 0.2) is 30.5 Å². The van der Waals surface area contributed by atoms with Crippen LogP contribution in [0, 0.1) is 0 Å². The third-order valence-corrected chi connectivity index (χ3v) is 5.04. The van der Waals surface area contributed by atoms with Gasteiger partial charge in [0.25, 0.3) is 11.7 Å². The molecule has 0 atom stereocenters. The molecule has 1 fully saturated rings. The van der Waals surface area contributed by atoms with E-state index in [0.29, 0.717) is 31.7 Å². The van der Waals surface area contributed by atoms with Crippen molar-refractivity contribution in [3.63, 3.8) is 0 Å². The summed E-state index contributed by atoms with van der Waals surface area (Å²) in [5.74, 6) is -0.932. The monoisotopic (exact) mass is 355 g/mol. The van der Waals surface area contributed by atoms with E-state index in [1.165, 1.54) is 0 Å². The van der Waals surface area contributed by atoms with Crippen molar-refractivity contribution in [2.45, 2.75) is 33.2 Å². The number of aromatic nitrogens is 1. The fourth-order valence-electron chi connectivity index (χ4n) is 3.56. The molecule has 1 aliphatic heterocycles. The number of para-hydroxylation sites is 1. The fraction of sp³-hybridized carbons (Fsp3) is 0.450. The summed E-state index contributed by atoms with van der Waals surface area (Å²) in [6.45, 7) is 6.62. The quantitative estimate of drug-likeness (QED) is 0.590. The summed E-state index contributed by atoms with van der Waals surface area (Å²) in [5, 5.41) is 0.720. The Balaban J connectivity index is 1.93. The molecule has 6 heteroatoms. The van der Waals surface area contributed by atoms with Crippen LogP contribution in [0.2, 0.25) is 0 Å². The first-order valence-electron chi connectivity index (χ1n) is 9.26. The highest BCUT2D eigenvalue weighted by Crippen LogP contribution is 2.23. The van der Waals surface area contributed by atoms with Crippen LogP contribution in [0.3, 0.4) is 0 Å². The minimum absolute atomic E-state index is 0.000575. The Hall–Kier alpha value is -2.63. The van der Waals surface area contributed by atoms with Crippen molar-refractivity contribution in [3.8, 4) is 0 Å². The zero-order valence-electron chi connectivity index (χ0n) is 15.4. The average Bonchev–Trinajstić information content (AvgIpc) is 3.30. The van der Waals surface area contributed by atoms with Gasteiger partial charge in [-0.15, -0.1) is 0 Å². The number of amides is 2. The first-order chi connectivity index (χ1) is 12.6. The molecule has 1 saturated heterocycles. The number of likely N-dealkylation sites (tertiary alicyclic amines) is 1. The third kappa shape index (κ3) is 3.36. The largest absolute Gasteiger partial charge is 0.342 e. The smallest absolute Gasteiger partial charge is 0.295 e. The maximum Gasteiger partial charge on any atom is 0.295 e. The van der Waals surface area contributed by atoms with Gasteiger partial charge in [0.05, 0.1) is 5.56 Å². The molecular weight excluding hydrogens is 330 g/mol. The molecule has 0 bridgehead atoms. The lowest BCUT2D eigenvalue weighted by atomic mass is 10.1. The maximum absolute atomic E-state index is 12.8. The topological polar surface area (TPSA) is 62.6 Å². The van der Waals surface area contributed by atoms with Crippen LogP contribution in [0.1, 0.15) is 37.0 Å². The molecule has 6 nitrogen and oxygen atoms in total. The summed E-state index contributed by atoms with van der Waals surface area (Å²) < 4.78 is 1.78. The maximum atomic E-state index is 12.8. The number of carbonyl (C=O) groups is 3. The van der Waals surface area contributed by atoms with Gasteiger partial charge in [0.2, 0.25) is 5.91 Å². The van der Waals surface area contributed by atoms with Crippen molar-refractivity contribution in [1.29, 1.82) is 0 Å². The van der Waals surface area contributed by atoms with Crippen LogP contribution < -0.4 is 0 Å². The lowest BCUT2D eigenvalue weighted by Gasteiger charge is -2.19. The zero-order chi connectivity index (χ0) is 18.7. The first-order valence-corrected chi connectivity index (χ1v) is 9.26. The van der Waals surface area contributed by atoms with Crippen molar-refractivity contribution in [3.05, 3.63) is 36.0 Å². The minimum atomic E-state index is -0.489. The van der Waals surface area contributed by atoms with E-state index in [-0.39, 0.29) is 12.5 Å². The van der Waals surface area contributed by atoms with Gasteiger partial charge >= 0.3 is 0 Å². The molecule has 0 N–H and O–H groups in total. The molecule has 0 aliphatic carbocycles. The third-order valence-electron chi connectivity index (χ3n) is 5.04. The van der Waals surface area contributed by atoms with Crippen LogP contribution in [0.4, 0.5) is 0 Å². The summed E-state index contributed by atoms with van der Waals surface area (Å²) in [5.41, 5.74) is 1.18. The Morgan fingerprint density at radius 3 is 2.35 bits per heavy atom. The number of carbonyl (C=O) groups excluding carboxylic acids is 3. The van der Waals surface area contributed by atoms with Gasteiger partial charge in [0.15, 0.2) is 0 Å². The molecule has 2 amide bonds. The van der Waals surface area contributed by atoms with Crippen LogP contribution in [-0.2, 0) is 16.1 Å². The van der Waals surface area contributed by atoms with E-state index in [0.717, 1.165) is 23.7 Å². The van der Waals surface area contributed by atoms with Crippen LogP contribution >= 0.6 is 0 Å². The molecule has 1 aromatic carbocycles. The molecule has 138 valence electrons. The molecule has 2 heterocycles. The van der Waals surface area contributed by atoms with E-state index in [9.17, 15) is 14.4 Å². The van der Waals surface area contributed by atoms with E-state index >= 15 is 0 Å². The van der Waals surface area contributed by atoms with Crippen LogP contribution in [0.5, 0.6) is 0 Å². The number of fused-ring (bicyclic) bond motifs is 1. The molecule has 0 radical (unpaired) electrons. The van der Waals surface area contributed by atoms with E-state index < -0.39 is 11.7 Å². The molecule has 3 rings (SSSR count). The zero-order valence-corrected chi connectivity index (χ0v) is 15.4. The van der Waals surface area contributed by atoms with Gasteiger partial charge in [0, 0.05) is 43.3 Å². The summed E-state index contributed by atoms with van der Waals surface area (Å²) in [7, 11) is 0. The average molecular weight is 355 g/mol. The number of rotatable bonds is 6. The lowest BCUT2D eigenvalue weighted by Crippen LogP contribution is -2.34. The first kappa shape index (κ1) is 18.2. The predicted octanol–water partition coefficient (Wildman–Crippen LogP) is 2.31. The standard InChI is InChI=1S/C20H25N3O3/c1-3-21(4-2)18(24)14-23-13-16(15-9-5-6-10-17(15)23)19(25)20(26)22-11-7-8-12-22/h5-6,9-10,13H,3-4,7-8,11-12,14H2,1-2H3. The highest BCUT2D eigenvalue weighted by molar-refractivity contribution is 6.44. The molecular formula is C20H25N3O3. The normalized spacial score (nSPS) is 14.0. The van der Waals surface area contributed by atoms with Gasteiger partial charge in [0.1, 0.15) is 6.54 Å². The molecule has 0 spiro atoms. The van der Waals surface area contributed by atoms with E-state index in [1.807, 2.05) is 38.1 Å². The lowest BCUT2D eigenvalue weighted by molar-refractivity contribution is -0.131. The van der Waals surface area contributed by atoms with Gasteiger partial charge in [-0.3, -0.25) is 14.4 Å². The van der Waals surface area contributed by atoms with Crippen molar-refractivity contribution in [2.24, 2.45) is 0 Å². The van der Waals surface area contributed by atoms with Gasteiger partial charge in [-0.25, -0.2) is 0 Å². The molecule has 26 heavy (non-hydrogen) atoms.